The number of aromatic nitrogens is 2. The van der Waals surface area contributed by atoms with E-state index in [0.29, 0.717) is 41.6 Å². The minimum Gasteiger partial charge on any atom is -0.486 e. The summed E-state index contributed by atoms with van der Waals surface area (Å²) in [4.78, 5) is 24.9. The van der Waals surface area contributed by atoms with Crippen LogP contribution in [0.1, 0.15) is 22.3 Å². The van der Waals surface area contributed by atoms with Gasteiger partial charge >= 0.3 is 11.6 Å². The minimum absolute atomic E-state index is 0.0634. The normalized spacial score (nSPS) is 12.7. The van der Waals surface area contributed by atoms with E-state index in [9.17, 15) is 9.59 Å². The fourth-order valence-corrected chi connectivity index (χ4v) is 4.64. The van der Waals surface area contributed by atoms with Crippen LogP contribution in [-0.4, -0.2) is 29.0 Å². The lowest BCUT2D eigenvalue weighted by Gasteiger charge is -2.18. The lowest BCUT2D eigenvalue weighted by Crippen LogP contribution is -2.15. The summed E-state index contributed by atoms with van der Waals surface area (Å²) in [7, 11) is 0. The highest BCUT2D eigenvalue weighted by Crippen LogP contribution is 2.35. The molecule has 0 unspecified atom stereocenters. The van der Waals surface area contributed by atoms with Gasteiger partial charge in [-0.05, 0) is 61.4 Å². The molecule has 0 amide bonds. The average molecular weight is 535 g/mol. The van der Waals surface area contributed by atoms with Crippen LogP contribution in [0.25, 0.3) is 34.0 Å². The summed E-state index contributed by atoms with van der Waals surface area (Å²) < 4.78 is 24.1. The van der Waals surface area contributed by atoms with Crippen molar-refractivity contribution in [3.8, 4) is 28.4 Å². The predicted octanol–water partition coefficient (Wildman–Crippen LogP) is 5.79. The highest BCUT2D eigenvalue weighted by molar-refractivity contribution is 5.89. The Morgan fingerprint density at radius 3 is 2.62 bits per heavy atom. The van der Waals surface area contributed by atoms with Gasteiger partial charge in [0, 0.05) is 40.4 Å². The minimum atomic E-state index is -0.550. The molecule has 0 radical (unpaired) electrons. The zero-order valence-electron chi connectivity index (χ0n) is 22.0. The summed E-state index contributed by atoms with van der Waals surface area (Å²) in [6, 6.07) is 20.5. The maximum Gasteiger partial charge on any atom is 0.336 e. The van der Waals surface area contributed by atoms with E-state index in [1.54, 1.807) is 10.8 Å². The lowest BCUT2D eigenvalue weighted by molar-refractivity contribution is -0.138. The molecule has 0 atom stereocenters. The second-order valence-corrected chi connectivity index (χ2v) is 9.49. The molecule has 0 bridgehead atoms. The van der Waals surface area contributed by atoms with E-state index >= 15 is 0 Å². The van der Waals surface area contributed by atoms with E-state index < -0.39 is 11.6 Å². The SMILES string of the molecule is Cc1ccc2c(COC(=O)/C=C/c3cn(-c4ccccc4)nc3-c3ccc4c(c3)OCCO4)cc(=O)oc2c1C. The topological polar surface area (TPSA) is 92.8 Å². The fourth-order valence-electron chi connectivity index (χ4n) is 4.64. The number of carbonyl (C=O) groups excluding carboxylic acids is 1. The number of fused-ring (bicyclic) bond motifs is 2. The first-order valence-corrected chi connectivity index (χ1v) is 12.9. The monoisotopic (exact) mass is 534 g/mol. The number of hydrogen-bond donors (Lipinski definition) is 0. The molecule has 200 valence electrons. The Morgan fingerprint density at radius 1 is 1.00 bits per heavy atom. The second-order valence-electron chi connectivity index (χ2n) is 9.49. The number of aryl methyl sites for hydroxylation is 2. The third-order valence-electron chi connectivity index (χ3n) is 6.87. The summed E-state index contributed by atoms with van der Waals surface area (Å²) in [5, 5.41) is 5.54. The first-order chi connectivity index (χ1) is 19.5. The van der Waals surface area contributed by atoms with Crippen LogP contribution in [-0.2, 0) is 16.1 Å². The number of hydrogen-bond acceptors (Lipinski definition) is 7. The molecule has 0 spiro atoms. The lowest BCUT2D eigenvalue weighted by atomic mass is 10.0. The van der Waals surface area contributed by atoms with Crippen molar-refractivity contribution in [3.05, 3.63) is 112 Å². The Kier molecular flexibility index (Phi) is 6.66. The van der Waals surface area contributed by atoms with Crippen molar-refractivity contribution < 1.29 is 23.4 Å². The molecule has 40 heavy (non-hydrogen) atoms. The molecule has 5 aromatic rings. The van der Waals surface area contributed by atoms with Crippen molar-refractivity contribution in [3.63, 3.8) is 0 Å². The first kappa shape index (κ1) is 25.2. The standard InChI is InChI=1S/C32H26N2O6/c1-20-8-11-26-24(17-30(36)40-32(26)21(20)2)19-39-29(35)13-10-23-18-34(25-6-4-3-5-7-25)33-31(23)22-9-12-27-28(16-22)38-15-14-37-27/h3-13,16-18H,14-15,19H2,1-2H3/b13-10+. The van der Waals surface area contributed by atoms with Crippen molar-refractivity contribution in [2.75, 3.05) is 13.2 Å². The number of benzene rings is 3. The van der Waals surface area contributed by atoms with Crippen molar-refractivity contribution in [1.82, 2.24) is 9.78 Å². The Bertz CT molecular complexity index is 1820. The van der Waals surface area contributed by atoms with Crippen LogP contribution in [0, 0.1) is 13.8 Å². The number of esters is 1. The maximum atomic E-state index is 12.8. The number of ether oxygens (including phenoxy) is 3. The average Bonchev–Trinajstić information content (AvgIpc) is 3.41. The maximum absolute atomic E-state index is 12.8. The molecule has 1 aliphatic rings. The second kappa shape index (κ2) is 10.6. The Morgan fingerprint density at radius 2 is 1.80 bits per heavy atom. The van der Waals surface area contributed by atoms with Gasteiger partial charge in [-0.15, -0.1) is 0 Å². The van der Waals surface area contributed by atoms with Gasteiger partial charge in [0.05, 0.1) is 5.69 Å². The number of para-hydroxylation sites is 1. The van der Waals surface area contributed by atoms with Gasteiger partial charge < -0.3 is 18.6 Å². The zero-order chi connectivity index (χ0) is 27.6. The van der Waals surface area contributed by atoms with Gasteiger partial charge in [-0.3, -0.25) is 0 Å². The van der Waals surface area contributed by atoms with Gasteiger partial charge in [0.25, 0.3) is 0 Å². The van der Waals surface area contributed by atoms with Crippen LogP contribution < -0.4 is 15.1 Å². The Balaban J connectivity index is 1.28. The molecule has 0 saturated heterocycles. The van der Waals surface area contributed by atoms with Crippen molar-refractivity contribution in [2.45, 2.75) is 20.5 Å². The predicted molar refractivity (Wildman–Crippen MR) is 151 cm³/mol. The van der Waals surface area contributed by atoms with E-state index in [2.05, 4.69) is 0 Å². The molecule has 0 fully saturated rings. The van der Waals surface area contributed by atoms with Crippen LogP contribution >= 0.6 is 0 Å². The fraction of sp³-hybridized carbons (Fsp3) is 0.156. The smallest absolute Gasteiger partial charge is 0.336 e. The Hall–Kier alpha value is -5.11. The van der Waals surface area contributed by atoms with Crippen molar-refractivity contribution in [1.29, 1.82) is 0 Å². The molecular formula is C32H26N2O6. The Labute approximate surface area is 230 Å². The zero-order valence-corrected chi connectivity index (χ0v) is 22.0. The molecule has 3 heterocycles. The highest BCUT2D eigenvalue weighted by Gasteiger charge is 2.17. The quantitative estimate of drug-likeness (QED) is 0.155. The molecule has 6 rings (SSSR count). The van der Waals surface area contributed by atoms with Crippen molar-refractivity contribution >= 4 is 23.0 Å². The van der Waals surface area contributed by atoms with Crippen LogP contribution in [0.3, 0.4) is 0 Å². The summed E-state index contributed by atoms with van der Waals surface area (Å²) >= 11 is 0. The molecule has 2 aromatic heterocycles. The van der Waals surface area contributed by atoms with Crippen LogP contribution in [0.15, 0.2) is 88.2 Å². The van der Waals surface area contributed by atoms with E-state index in [0.717, 1.165) is 33.3 Å². The van der Waals surface area contributed by atoms with Gasteiger partial charge in [0.15, 0.2) is 11.5 Å². The van der Waals surface area contributed by atoms with Crippen LogP contribution in [0.2, 0.25) is 0 Å². The van der Waals surface area contributed by atoms with E-state index in [4.69, 9.17) is 23.7 Å². The van der Waals surface area contributed by atoms with E-state index in [1.807, 2.05) is 80.7 Å². The van der Waals surface area contributed by atoms with Gasteiger partial charge in [-0.2, -0.15) is 5.10 Å². The molecule has 1 aliphatic heterocycles. The molecule has 0 N–H and O–H groups in total. The van der Waals surface area contributed by atoms with Crippen molar-refractivity contribution in [2.24, 2.45) is 0 Å². The van der Waals surface area contributed by atoms with Gasteiger partial charge in [-0.1, -0.05) is 30.3 Å². The largest absolute Gasteiger partial charge is 0.486 e. The number of carbonyl (C=O) groups is 1. The number of nitrogens with zero attached hydrogens (tertiary/aromatic N) is 2. The number of rotatable bonds is 6. The van der Waals surface area contributed by atoms with E-state index in [-0.39, 0.29) is 6.61 Å². The third kappa shape index (κ3) is 4.99. The molecule has 0 saturated carbocycles. The molecule has 8 heteroatoms. The summed E-state index contributed by atoms with van der Waals surface area (Å²) in [5.41, 5.74) is 5.58. The van der Waals surface area contributed by atoms with E-state index in [1.165, 1.54) is 12.1 Å². The summed E-state index contributed by atoms with van der Waals surface area (Å²) in [5.74, 6) is 0.786. The van der Waals surface area contributed by atoms with Gasteiger partial charge in [0.1, 0.15) is 31.1 Å². The molecular weight excluding hydrogens is 508 g/mol. The molecule has 3 aromatic carbocycles. The summed E-state index contributed by atoms with van der Waals surface area (Å²) in [6.45, 7) is 4.77. The summed E-state index contributed by atoms with van der Waals surface area (Å²) in [6.07, 6.45) is 4.88. The van der Waals surface area contributed by atoms with Gasteiger partial charge in [0.2, 0.25) is 0 Å². The van der Waals surface area contributed by atoms with Gasteiger partial charge in [-0.25, -0.2) is 14.3 Å². The first-order valence-electron chi connectivity index (χ1n) is 12.9. The van der Waals surface area contributed by atoms with Crippen LogP contribution in [0.4, 0.5) is 0 Å². The van der Waals surface area contributed by atoms with Crippen LogP contribution in [0.5, 0.6) is 11.5 Å². The molecule has 8 nitrogen and oxygen atoms in total. The third-order valence-corrected chi connectivity index (χ3v) is 6.87. The molecule has 0 aliphatic carbocycles. The highest BCUT2D eigenvalue weighted by atomic mass is 16.6.